The predicted octanol–water partition coefficient (Wildman–Crippen LogP) is 0.169. The molecule has 12 heavy (non-hydrogen) atoms. The quantitative estimate of drug-likeness (QED) is 0.570. The summed E-state index contributed by atoms with van der Waals surface area (Å²) in [6.45, 7) is 5.07. The zero-order valence-electron chi connectivity index (χ0n) is 7.47. The monoisotopic (exact) mass is 174 g/mol. The van der Waals surface area contributed by atoms with Gasteiger partial charge in [0.1, 0.15) is 5.54 Å². The van der Waals surface area contributed by atoms with Crippen molar-refractivity contribution in [3.8, 4) is 0 Å². The normalized spacial score (nSPS) is 10.6. The fraction of sp³-hybridized carbons (Fsp3) is 0.714. The lowest BCUT2D eigenvalue weighted by Crippen LogP contribution is -2.53. The molecule has 0 unspecified atom stereocenters. The highest BCUT2D eigenvalue weighted by atomic mass is 16.4. The van der Waals surface area contributed by atoms with E-state index in [4.69, 9.17) is 5.11 Å². The van der Waals surface area contributed by atoms with E-state index in [0.29, 0.717) is 6.54 Å². The molecule has 0 aromatic heterocycles. The molecule has 2 amide bonds. The minimum absolute atomic E-state index is 0.468. The number of carbonyl (C=O) groups excluding carboxylic acids is 1. The summed E-state index contributed by atoms with van der Waals surface area (Å²) in [6, 6.07) is -0.468. The predicted molar refractivity (Wildman–Crippen MR) is 43.9 cm³/mol. The molecular formula is C7H14N2O3. The van der Waals surface area contributed by atoms with Gasteiger partial charge in [-0.2, -0.15) is 0 Å². The van der Waals surface area contributed by atoms with Crippen LogP contribution in [0.25, 0.3) is 0 Å². The van der Waals surface area contributed by atoms with Crippen molar-refractivity contribution in [1.29, 1.82) is 0 Å². The Morgan fingerprint density at radius 1 is 1.42 bits per heavy atom. The van der Waals surface area contributed by atoms with Gasteiger partial charge in [0.05, 0.1) is 0 Å². The van der Waals surface area contributed by atoms with Gasteiger partial charge in [-0.25, -0.2) is 9.59 Å². The number of aliphatic carboxylic acids is 1. The van der Waals surface area contributed by atoms with Crippen molar-refractivity contribution < 1.29 is 14.7 Å². The maximum absolute atomic E-state index is 10.9. The topological polar surface area (TPSA) is 78.4 Å². The lowest BCUT2D eigenvalue weighted by molar-refractivity contribution is -0.142. The molecular weight excluding hydrogens is 160 g/mol. The third-order valence-electron chi connectivity index (χ3n) is 1.30. The number of hydrogen-bond acceptors (Lipinski definition) is 2. The lowest BCUT2D eigenvalue weighted by atomic mass is 10.1. The minimum Gasteiger partial charge on any atom is -0.480 e. The maximum Gasteiger partial charge on any atom is 0.328 e. The Labute approximate surface area is 71.1 Å². The number of carboxylic acids is 1. The fourth-order valence-electron chi connectivity index (χ4n) is 0.542. The highest BCUT2D eigenvalue weighted by molar-refractivity contribution is 5.85. The Balaban J connectivity index is 4.06. The van der Waals surface area contributed by atoms with Gasteiger partial charge in [0, 0.05) is 6.54 Å². The molecule has 0 aliphatic carbocycles. The first kappa shape index (κ1) is 10.7. The van der Waals surface area contributed by atoms with Crippen molar-refractivity contribution in [1.82, 2.24) is 10.6 Å². The molecule has 0 aromatic carbocycles. The molecule has 0 radical (unpaired) electrons. The van der Waals surface area contributed by atoms with Crippen LogP contribution < -0.4 is 10.6 Å². The van der Waals surface area contributed by atoms with Gasteiger partial charge in [-0.15, -0.1) is 0 Å². The van der Waals surface area contributed by atoms with Gasteiger partial charge in [0.25, 0.3) is 0 Å². The average Bonchev–Trinajstić information content (AvgIpc) is 1.85. The van der Waals surface area contributed by atoms with Gasteiger partial charge in [0.15, 0.2) is 0 Å². The summed E-state index contributed by atoms with van der Waals surface area (Å²) in [6.07, 6.45) is 0. The summed E-state index contributed by atoms with van der Waals surface area (Å²) >= 11 is 0. The fourth-order valence-corrected chi connectivity index (χ4v) is 0.542. The maximum atomic E-state index is 10.9. The molecule has 3 N–H and O–H groups in total. The molecule has 0 rings (SSSR count). The van der Waals surface area contributed by atoms with Gasteiger partial charge in [-0.3, -0.25) is 0 Å². The second-order valence-electron chi connectivity index (χ2n) is 2.91. The van der Waals surface area contributed by atoms with Crippen molar-refractivity contribution >= 4 is 12.0 Å². The van der Waals surface area contributed by atoms with Crippen LogP contribution in [0.5, 0.6) is 0 Å². The number of nitrogens with one attached hydrogen (secondary N) is 2. The highest BCUT2D eigenvalue weighted by Gasteiger charge is 2.28. The van der Waals surface area contributed by atoms with E-state index in [2.05, 4.69) is 10.6 Å². The van der Waals surface area contributed by atoms with Crippen LogP contribution >= 0.6 is 0 Å². The summed E-state index contributed by atoms with van der Waals surface area (Å²) in [5, 5.41) is 13.4. The second-order valence-corrected chi connectivity index (χ2v) is 2.91. The molecule has 5 nitrogen and oxygen atoms in total. The molecule has 5 heteroatoms. The van der Waals surface area contributed by atoms with Crippen LogP contribution in [0.4, 0.5) is 4.79 Å². The van der Waals surface area contributed by atoms with E-state index < -0.39 is 17.5 Å². The summed E-state index contributed by atoms with van der Waals surface area (Å²) in [7, 11) is 0. The molecule has 0 saturated carbocycles. The first-order valence-corrected chi connectivity index (χ1v) is 3.69. The second kappa shape index (κ2) is 3.94. The van der Waals surface area contributed by atoms with Gasteiger partial charge in [-0.05, 0) is 20.8 Å². The zero-order valence-corrected chi connectivity index (χ0v) is 7.47. The highest BCUT2D eigenvalue weighted by Crippen LogP contribution is 2.00. The largest absolute Gasteiger partial charge is 0.480 e. The number of amides is 2. The summed E-state index contributed by atoms with van der Waals surface area (Å²) in [5.74, 6) is -1.06. The van der Waals surface area contributed by atoms with E-state index in [9.17, 15) is 9.59 Å². The van der Waals surface area contributed by atoms with Gasteiger partial charge in [0.2, 0.25) is 0 Å². The Morgan fingerprint density at radius 3 is 2.25 bits per heavy atom. The number of urea groups is 1. The summed E-state index contributed by atoms with van der Waals surface area (Å²) < 4.78 is 0. The Hall–Kier alpha value is -1.26. The van der Waals surface area contributed by atoms with E-state index in [1.807, 2.05) is 0 Å². The van der Waals surface area contributed by atoms with Crippen molar-refractivity contribution in [2.75, 3.05) is 6.54 Å². The molecule has 0 aliphatic rings. The number of rotatable bonds is 3. The van der Waals surface area contributed by atoms with Crippen molar-refractivity contribution in [2.24, 2.45) is 0 Å². The van der Waals surface area contributed by atoms with E-state index in [1.165, 1.54) is 13.8 Å². The van der Waals surface area contributed by atoms with Crippen molar-refractivity contribution in [3.63, 3.8) is 0 Å². The summed E-state index contributed by atoms with van der Waals surface area (Å²) in [4.78, 5) is 21.4. The lowest BCUT2D eigenvalue weighted by Gasteiger charge is -2.20. The standard InChI is InChI=1S/C7H14N2O3/c1-4-8-6(12)9-7(2,3)5(10)11/h4H2,1-3H3,(H,10,11)(H2,8,9,12). The van der Waals surface area contributed by atoms with Gasteiger partial charge >= 0.3 is 12.0 Å². The van der Waals surface area contributed by atoms with Gasteiger partial charge < -0.3 is 15.7 Å². The number of carbonyl (C=O) groups is 2. The molecule has 0 atom stereocenters. The molecule has 0 bridgehead atoms. The first-order valence-electron chi connectivity index (χ1n) is 3.69. The molecule has 70 valence electrons. The van der Waals surface area contributed by atoms with E-state index >= 15 is 0 Å². The number of hydrogen-bond donors (Lipinski definition) is 3. The van der Waals surface area contributed by atoms with Crippen LogP contribution in [-0.2, 0) is 4.79 Å². The Bertz CT molecular complexity index is 189. The van der Waals surface area contributed by atoms with Gasteiger partial charge in [-0.1, -0.05) is 0 Å². The summed E-state index contributed by atoms with van der Waals surface area (Å²) in [5.41, 5.74) is -1.22. The Morgan fingerprint density at radius 2 is 1.92 bits per heavy atom. The molecule has 0 spiro atoms. The molecule has 0 aromatic rings. The van der Waals surface area contributed by atoms with Crippen LogP contribution in [-0.4, -0.2) is 29.2 Å². The van der Waals surface area contributed by atoms with E-state index in [1.54, 1.807) is 6.92 Å². The smallest absolute Gasteiger partial charge is 0.328 e. The Kier molecular flexibility index (Phi) is 3.53. The molecule has 0 heterocycles. The van der Waals surface area contributed by atoms with Crippen molar-refractivity contribution in [2.45, 2.75) is 26.3 Å². The zero-order chi connectivity index (χ0) is 9.78. The molecule has 0 aliphatic heterocycles. The average molecular weight is 174 g/mol. The van der Waals surface area contributed by atoms with Crippen LogP contribution in [0.1, 0.15) is 20.8 Å². The minimum atomic E-state index is -1.22. The van der Waals surface area contributed by atoms with E-state index in [-0.39, 0.29) is 0 Å². The first-order chi connectivity index (χ1) is 5.40. The third-order valence-corrected chi connectivity index (χ3v) is 1.30. The van der Waals surface area contributed by atoms with Crippen molar-refractivity contribution in [3.05, 3.63) is 0 Å². The van der Waals surface area contributed by atoms with E-state index in [0.717, 1.165) is 0 Å². The van der Waals surface area contributed by atoms with Crippen LogP contribution in [0.15, 0.2) is 0 Å². The third kappa shape index (κ3) is 3.23. The molecule has 0 saturated heterocycles. The van der Waals surface area contributed by atoms with Crippen LogP contribution in [0, 0.1) is 0 Å². The molecule has 0 fully saturated rings. The van der Waals surface area contributed by atoms with Crippen LogP contribution in [0.2, 0.25) is 0 Å². The SMILES string of the molecule is CCNC(=O)NC(C)(C)C(=O)O. The number of carboxylic acid groups (broad SMARTS) is 1. The van der Waals surface area contributed by atoms with Crippen LogP contribution in [0.3, 0.4) is 0 Å².